The molecule has 2 amide bonds. The predicted octanol–water partition coefficient (Wildman–Crippen LogP) is 4.26. The van der Waals surface area contributed by atoms with E-state index in [9.17, 15) is 9.59 Å². The highest BCUT2D eigenvalue weighted by molar-refractivity contribution is 5.97. The molecule has 0 spiro atoms. The number of para-hydroxylation sites is 1. The van der Waals surface area contributed by atoms with Gasteiger partial charge in [-0.1, -0.05) is 54.6 Å². The molecule has 33 heavy (non-hydrogen) atoms. The first-order valence-electron chi connectivity index (χ1n) is 10.7. The van der Waals surface area contributed by atoms with Crippen molar-refractivity contribution in [3.63, 3.8) is 0 Å². The average molecular weight is 440 g/mol. The number of carbonyl (C=O) groups is 2. The van der Waals surface area contributed by atoms with E-state index in [4.69, 9.17) is 0 Å². The number of anilines is 2. The molecule has 0 aliphatic carbocycles. The van der Waals surface area contributed by atoms with Crippen molar-refractivity contribution < 1.29 is 9.59 Å². The molecule has 0 saturated carbocycles. The Morgan fingerprint density at radius 2 is 1.67 bits per heavy atom. The third-order valence-corrected chi connectivity index (χ3v) is 5.05. The number of imidazole rings is 1. The van der Waals surface area contributed by atoms with E-state index in [1.54, 1.807) is 36.8 Å². The van der Waals surface area contributed by atoms with Gasteiger partial charge in [-0.05, 0) is 35.9 Å². The summed E-state index contributed by atoms with van der Waals surface area (Å²) >= 11 is 0. The van der Waals surface area contributed by atoms with Crippen LogP contribution in [0.5, 0.6) is 0 Å². The normalized spacial score (nSPS) is 10.4. The van der Waals surface area contributed by atoms with Crippen molar-refractivity contribution in [2.75, 3.05) is 10.3 Å². The fourth-order valence-corrected chi connectivity index (χ4v) is 3.37. The van der Waals surface area contributed by atoms with Crippen molar-refractivity contribution in [2.24, 2.45) is 0 Å². The Morgan fingerprint density at radius 3 is 2.39 bits per heavy atom. The van der Waals surface area contributed by atoms with Gasteiger partial charge >= 0.3 is 0 Å². The van der Waals surface area contributed by atoms with Crippen LogP contribution in [0.15, 0.2) is 104 Å². The van der Waals surface area contributed by atoms with Crippen LogP contribution in [0.3, 0.4) is 0 Å². The fourth-order valence-electron chi connectivity index (χ4n) is 3.37. The minimum atomic E-state index is -0.260. The molecule has 0 atom stereocenters. The quantitative estimate of drug-likeness (QED) is 0.382. The zero-order chi connectivity index (χ0) is 22.9. The summed E-state index contributed by atoms with van der Waals surface area (Å²) in [6.07, 6.45) is 5.47. The number of nitrogens with zero attached hydrogens (tertiary/aromatic N) is 3. The lowest BCUT2D eigenvalue weighted by atomic mass is 10.2. The topological polar surface area (TPSA) is 79.3 Å². The maximum atomic E-state index is 13.1. The number of benzene rings is 3. The first-order chi connectivity index (χ1) is 16.2. The molecule has 7 heteroatoms. The molecule has 0 unspecified atom stereocenters. The van der Waals surface area contributed by atoms with Crippen LogP contribution in [0.25, 0.3) is 0 Å². The van der Waals surface area contributed by atoms with Gasteiger partial charge in [-0.25, -0.2) is 4.98 Å². The van der Waals surface area contributed by atoms with Crippen LogP contribution in [0, 0.1) is 0 Å². The Balaban J connectivity index is 1.43. The molecule has 0 fully saturated rings. The van der Waals surface area contributed by atoms with E-state index in [1.165, 1.54) is 0 Å². The molecule has 7 nitrogen and oxygen atoms in total. The van der Waals surface area contributed by atoms with Gasteiger partial charge in [0.1, 0.15) is 0 Å². The van der Waals surface area contributed by atoms with Crippen LogP contribution in [0.1, 0.15) is 22.3 Å². The highest BCUT2D eigenvalue weighted by Gasteiger charge is 2.14. The van der Waals surface area contributed by atoms with Gasteiger partial charge in [0.2, 0.25) is 5.91 Å². The molecule has 1 heterocycles. The van der Waals surface area contributed by atoms with Crippen molar-refractivity contribution in [1.82, 2.24) is 15.0 Å². The van der Waals surface area contributed by atoms with Gasteiger partial charge in [0.05, 0.1) is 18.6 Å². The largest absolute Gasteiger partial charge is 0.337 e. The number of rotatable bonds is 9. The van der Waals surface area contributed by atoms with Gasteiger partial charge < -0.3 is 9.88 Å². The molecule has 3 aromatic carbocycles. The number of carbonyl (C=O) groups excluding carboxylic acids is 2. The van der Waals surface area contributed by atoms with E-state index in [2.05, 4.69) is 15.7 Å². The second kappa shape index (κ2) is 10.8. The van der Waals surface area contributed by atoms with Gasteiger partial charge in [-0.3, -0.25) is 20.0 Å². The molecule has 0 aliphatic rings. The summed E-state index contributed by atoms with van der Waals surface area (Å²) in [5, 5.41) is 4.67. The van der Waals surface area contributed by atoms with Crippen molar-refractivity contribution >= 4 is 23.2 Å². The molecular formula is C26H25N5O2. The highest BCUT2D eigenvalue weighted by atomic mass is 16.2. The number of amides is 2. The molecule has 2 N–H and O–H groups in total. The number of hydrogen-bond donors (Lipinski definition) is 2. The summed E-state index contributed by atoms with van der Waals surface area (Å²) in [6.45, 7) is 1.05. The molecular weight excluding hydrogens is 414 g/mol. The smallest absolute Gasteiger partial charge is 0.269 e. The van der Waals surface area contributed by atoms with Gasteiger partial charge in [0.25, 0.3) is 5.91 Å². The zero-order valence-corrected chi connectivity index (χ0v) is 18.1. The van der Waals surface area contributed by atoms with E-state index in [1.807, 2.05) is 76.4 Å². The first-order valence-corrected chi connectivity index (χ1v) is 10.7. The number of nitrogens with one attached hydrogen (secondary N) is 2. The maximum Gasteiger partial charge on any atom is 0.269 e. The van der Waals surface area contributed by atoms with Crippen molar-refractivity contribution in [1.29, 1.82) is 0 Å². The summed E-state index contributed by atoms with van der Waals surface area (Å²) in [5.74, 6) is -0.388. The summed E-state index contributed by atoms with van der Waals surface area (Å²) < 4.78 is 1.84. The average Bonchev–Trinajstić information content (AvgIpc) is 3.37. The SMILES string of the molecule is O=C(CCn1ccnc1)Nc1cccc(C(=O)NN(Cc2ccccc2)c2ccccc2)c1. The van der Waals surface area contributed by atoms with E-state index in [-0.39, 0.29) is 11.8 Å². The Kier molecular flexibility index (Phi) is 7.12. The van der Waals surface area contributed by atoms with Crippen LogP contribution >= 0.6 is 0 Å². The van der Waals surface area contributed by atoms with Gasteiger partial charge in [0.15, 0.2) is 0 Å². The Morgan fingerprint density at radius 1 is 0.909 bits per heavy atom. The lowest BCUT2D eigenvalue weighted by Crippen LogP contribution is -2.42. The molecule has 4 rings (SSSR count). The van der Waals surface area contributed by atoms with Crippen molar-refractivity contribution in [3.8, 4) is 0 Å². The van der Waals surface area contributed by atoms with Gasteiger partial charge in [0, 0.05) is 36.6 Å². The molecule has 0 aliphatic heterocycles. The van der Waals surface area contributed by atoms with Crippen molar-refractivity contribution in [3.05, 3.63) is 115 Å². The van der Waals surface area contributed by atoms with E-state index < -0.39 is 0 Å². The number of hydrazine groups is 1. The monoisotopic (exact) mass is 439 g/mol. The second-order valence-corrected chi connectivity index (χ2v) is 7.53. The third kappa shape index (κ3) is 6.30. The summed E-state index contributed by atoms with van der Waals surface area (Å²) in [6, 6.07) is 26.5. The second-order valence-electron chi connectivity index (χ2n) is 7.53. The summed E-state index contributed by atoms with van der Waals surface area (Å²) in [5.41, 5.74) is 5.97. The Bertz CT molecular complexity index is 1180. The molecule has 166 valence electrons. The Hall–Kier alpha value is -4.39. The number of aromatic nitrogens is 2. The molecule has 4 aromatic rings. The lowest BCUT2D eigenvalue weighted by Gasteiger charge is -2.25. The Labute approximate surface area is 192 Å². The standard InChI is InChI=1S/C26H25N5O2/c32-25(14-16-30-17-15-27-20-30)28-23-11-7-10-22(18-23)26(33)29-31(24-12-5-2-6-13-24)19-21-8-3-1-4-9-21/h1-13,15,17-18,20H,14,16,19H2,(H,28,32)(H,29,33). The summed E-state index contributed by atoms with van der Waals surface area (Å²) in [4.78, 5) is 29.3. The van der Waals surface area contributed by atoms with E-state index >= 15 is 0 Å². The molecule has 0 radical (unpaired) electrons. The van der Waals surface area contributed by atoms with Crippen LogP contribution in [0.4, 0.5) is 11.4 Å². The predicted molar refractivity (Wildman–Crippen MR) is 128 cm³/mol. The van der Waals surface area contributed by atoms with Gasteiger partial charge in [-0.2, -0.15) is 0 Å². The first kappa shape index (κ1) is 21.8. The molecule has 0 bridgehead atoms. The van der Waals surface area contributed by atoms with E-state index in [0.717, 1.165) is 11.3 Å². The maximum absolute atomic E-state index is 13.1. The van der Waals surface area contributed by atoms with Gasteiger partial charge in [-0.15, -0.1) is 0 Å². The minimum Gasteiger partial charge on any atom is -0.337 e. The van der Waals surface area contributed by atoms with Crippen molar-refractivity contribution in [2.45, 2.75) is 19.5 Å². The zero-order valence-electron chi connectivity index (χ0n) is 18.1. The van der Waals surface area contributed by atoms with E-state index in [0.29, 0.717) is 30.8 Å². The number of hydrogen-bond acceptors (Lipinski definition) is 4. The summed E-state index contributed by atoms with van der Waals surface area (Å²) in [7, 11) is 0. The third-order valence-electron chi connectivity index (χ3n) is 5.05. The minimum absolute atomic E-state index is 0.128. The number of aryl methyl sites for hydroxylation is 1. The van der Waals surface area contributed by atoms with Crippen LogP contribution in [-0.2, 0) is 17.9 Å². The lowest BCUT2D eigenvalue weighted by molar-refractivity contribution is -0.116. The van der Waals surface area contributed by atoms with Crippen LogP contribution in [-0.4, -0.2) is 21.4 Å². The van der Waals surface area contributed by atoms with Crippen LogP contribution in [0.2, 0.25) is 0 Å². The molecule has 1 aromatic heterocycles. The molecule has 0 saturated heterocycles. The highest BCUT2D eigenvalue weighted by Crippen LogP contribution is 2.16. The fraction of sp³-hybridized carbons (Fsp3) is 0.115. The van der Waals surface area contributed by atoms with Crippen LogP contribution < -0.4 is 15.8 Å².